The molecule has 1 N–H and O–H groups in total. The van der Waals surface area contributed by atoms with Crippen molar-refractivity contribution >= 4 is 34.8 Å². The molecule has 1 unspecified atom stereocenters. The Balaban J connectivity index is 1.40. The number of amidine groups is 1. The number of nitrogens with one attached hydrogen (secondary N) is 1. The molecule has 0 aliphatic carbocycles. The molecule has 2 aliphatic rings. The number of benzene rings is 1. The highest BCUT2D eigenvalue weighted by Crippen LogP contribution is 2.23. The number of hydrogen-bond acceptors (Lipinski definition) is 4. The number of fused-ring (bicyclic) bond motifs is 1. The number of nitrogens with zero attached hydrogens (tertiary/aromatic N) is 4. The molecule has 4 rings (SSSR count). The first-order chi connectivity index (χ1) is 14.4. The van der Waals surface area contributed by atoms with Crippen LogP contribution in [0.1, 0.15) is 18.9 Å². The number of rotatable bonds is 4. The number of carbonyl (C=O) groups excluding carboxylic acids is 2. The molecule has 154 valence electrons. The van der Waals surface area contributed by atoms with Crippen molar-refractivity contribution in [1.29, 1.82) is 0 Å². The van der Waals surface area contributed by atoms with E-state index in [0.717, 1.165) is 22.2 Å². The molecular formula is C23H25N5O2. The molecule has 2 aliphatic heterocycles. The van der Waals surface area contributed by atoms with E-state index in [9.17, 15) is 9.59 Å². The molecule has 1 aromatic heterocycles. The minimum absolute atomic E-state index is 0.00261. The molecule has 0 fully saturated rings. The fourth-order valence-corrected chi connectivity index (χ4v) is 3.79. The lowest BCUT2D eigenvalue weighted by Crippen LogP contribution is -2.33. The topological polar surface area (TPSA) is 79.1 Å². The Hall–Kier alpha value is -3.48. The van der Waals surface area contributed by atoms with Crippen LogP contribution in [0.2, 0.25) is 0 Å². The first-order valence-electron chi connectivity index (χ1n) is 9.99. The second kappa shape index (κ2) is 8.10. The maximum Gasteiger partial charge on any atom is 0.246 e. The smallest absolute Gasteiger partial charge is 0.246 e. The van der Waals surface area contributed by atoms with Crippen molar-refractivity contribution in [1.82, 2.24) is 14.8 Å². The van der Waals surface area contributed by atoms with Crippen molar-refractivity contribution in [3.63, 3.8) is 0 Å². The molecular weight excluding hydrogens is 378 g/mol. The Morgan fingerprint density at radius 3 is 3.03 bits per heavy atom. The van der Waals surface area contributed by atoms with Gasteiger partial charge in [-0.05, 0) is 46.7 Å². The van der Waals surface area contributed by atoms with Crippen molar-refractivity contribution in [2.45, 2.75) is 19.9 Å². The Morgan fingerprint density at radius 1 is 1.37 bits per heavy atom. The lowest BCUT2D eigenvalue weighted by atomic mass is 9.92. The van der Waals surface area contributed by atoms with Crippen LogP contribution in [0.3, 0.4) is 0 Å². The number of amides is 2. The summed E-state index contributed by atoms with van der Waals surface area (Å²) in [6.07, 6.45) is 7.23. The van der Waals surface area contributed by atoms with Crippen LogP contribution >= 0.6 is 0 Å². The monoisotopic (exact) mass is 403 g/mol. The van der Waals surface area contributed by atoms with Gasteiger partial charge in [0.05, 0.1) is 18.5 Å². The van der Waals surface area contributed by atoms with E-state index in [1.54, 1.807) is 24.2 Å². The van der Waals surface area contributed by atoms with Gasteiger partial charge in [-0.3, -0.25) is 14.6 Å². The first-order valence-corrected chi connectivity index (χ1v) is 9.99. The number of allylic oxidation sites excluding steroid dienone is 1. The van der Waals surface area contributed by atoms with E-state index in [4.69, 9.17) is 0 Å². The van der Waals surface area contributed by atoms with Gasteiger partial charge in [0.15, 0.2) is 0 Å². The zero-order valence-electron chi connectivity index (χ0n) is 17.4. The molecule has 1 atom stereocenters. The Labute approximate surface area is 175 Å². The highest BCUT2D eigenvalue weighted by molar-refractivity contribution is 6.06. The lowest BCUT2D eigenvalue weighted by molar-refractivity contribution is -0.125. The van der Waals surface area contributed by atoms with Crippen LogP contribution in [0.15, 0.2) is 63.9 Å². The predicted molar refractivity (Wildman–Crippen MR) is 118 cm³/mol. The Bertz CT molecular complexity index is 1140. The molecule has 3 heterocycles. The minimum Gasteiger partial charge on any atom is -0.351 e. The van der Waals surface area contributed by atoms with Gasteiger partial charge in [0.1, 0.15) is 5.84 Å². The van der Waals surface area contributed by atoms with Crippen LogP contribution in [-0.4, -0.2) is 46.9 Å². The Kier molecular flexibility index (Phi) is 5.35. The molecule has 2 amide bonds. The van der Waals surface area contributed by atoms with Gasteiger partial charge in [-0.2, -0.15) is 0 Å². The van der Waals surface area contributed by atoms with E-state index in [0.29, 0.717) is 25.3 Å². The molecule has 0 spiro atoms. The van der Waals surface area contributed by atoms with Crippen molar-refractivity contribution in [3.8, 4) is 0 Å². The largest absolute Gasteiger partial charge is 0.351 e. The van der Waals surface area contributed by atoms with E-state index in [-0.39, 0.29) is 17.7 Å². The summed E-state index contributed by atoms with van der Waals surface area (Å²) < 4.78 is 2.07. The van der Waals surface area contributed by atoms with E-state index >= 15 is 0 Å². The highest BCUT2D eigenvalue weighted by Gasteiger charge is 2.24. The van der Waals surface area contributed by atoms with Crippen molar-refractivity contribution in [2.75, 3.05) is 13.6 Å². The van der Waals surface area contributed by atoms with Crippen LogP contribution in [0, 0.1) is 5.92 Å². The van der Waals surface area contributed by atoms with Crippen LogP contribution in [-0.2, 0) is 23.2 Å². The summed E-state index contributed by atoms with van der Waals surface area (Å²) >= 11 is 0. The molecule has 0 saturated heterocycles. The molecule has 30 heavy (non-hydrogen) atoms. The average Bonchev–Trinajstić information content (AvgIpc) is 2.94. The zero-order valence-corrected chi connectivity index (χ0v) is 17.4. The summed E-state index contributed by atoms with van der Waals surface area (Å²) in [4.78, 5) is 34.7. The van der Waals surface area contributed by atoms with Crippen LogP contribution in [0.5, 0.6) is 0 Å². The quantitative estimate of drug-likeness (QED) is 0.797. The van der Waals surface area contributed by atoms with Crippen molar-refractivity contribution in [2.24, 2.45) is 23.0 Å². The van der Waals surface area contributed by atoms with Gasteiger partial charge in [-0.1, -0.05) is 13.0 Å². The molecule has 0 bridgehead atoms. The number of aliphatic imine (C=N–C) groups is 2. The van der Waals surface area contributed by atoms with Crippen molar-refractivity contribution in [3.05, 3.63) is 59.4 Å². The van der Waals surface area contributed by atoms with E-state index in [1.165, 1.54) is 11.6 Å². The van der Waals surface area contributed by atoms with Gasteiger partial charge in [-0.15, -0.1) is 0 Å². The second-order valence-electron chi connectivity index (χ2n) is 7.87. The molecule has 0 radical (unpaired) electrons. The number of likely N-dealkylation sites (N-methyl/N-ethyl adjacent to an activating group) is 1. The highest BCUT2D eigenvalue weighted by atomic mass is 16.2. The first kappa shape index (κ1) is 19.8. The fourth-order valence-electron chi connectivity index (χ4n) is 3.79. The average molecular weight is 403 g/mol. The third kappa shape index (κ3) is 4.10. The normalized spacial score (nSPS) is 19.0. The maximum absolute atomic E-state index is 12.6. The summed E-state index contributed by atoms with van der Waals surface area (Å²) in [5, 5.41) is 4.01. The van der Waals surface area contributed by atoms with Gasteiger partial charge in [0, 0.05) is 44.9 Å². The zero-order chi connectivity index (χ0) is 21.3. The van der Waals surface area contributed by atoms with Crippen LogP contribution < -0.4 is 5.32 Å². The summed E-state index contributed by atoms with van der Waals surface area (Å²) in [6, 6.07) is 8.29. The molecule has 2 aromatic rings. The summed E-state index contributed by atoms with van der Waals surface area (Å²) in [7, 11) is 3.79. The van der Waals surface area contributed by atoms with E-state index < -0.39 is 0 Å². The third-order valence-corrected chi connectivity index (χ3v) is 5.56. The number of aryl methyl sites for hydroxylation is 1. The minimum atomic E-state index is -0.121. The molecule has 1 aromatic carbocycles. The second-order valence-corrected chi connectivity index (χ2v) is 7.87. The van der Waals surface area contributed by atoms with Gasteiger partial charge in [0.2, 0.25) is 11.8 Å². The van der Waals surface area contributed by atoms with Crippen molar-refractivity contribution < 1.29 is 9.59 Å². The fraction of sp³-hybridized carbons (Fsp3) is 0.304. The SMILES string of the molecule is CC1CC(=O)NC2=C1CN=C(/C=C/C(=O)N(C)Cc1ccc3c(ccn3C)c1)N=C2. The summed E-state index contributed by atoms with van der Waals surface area (Å²) in [6.45, 7) is 3.00. The van der Waals surface area contributed by atoms with Gasteiger partial charge in [0.25, 0.3) is 0 Å². The number of hydrogen-bond donors (Lipinski definition) is 1. The van der Waals surface area contributed by atoms with Crippen LogP contribution in [0.4, 0.5) is 0 Å². The van der Waals surface area contributed by atoms with Gasteiger partial charge < -0.3 is 14.8 Å². The van der Waals surface area contributed by atoms with Crippen LogP contribution in [0.25, 0.3) is 10.9 Å². The Morgan fingerprint density at radius 2 is 2.20 bits per heavy atom. The van der Waals surface area contributed by atoms with Gasteiger partial charge in [-0.25, -0.2) is 4.99 Å². The predicted octanol–water partition coefficient (Wildman–Crippen LogP) is 2.59. The summed E-state index contributed by atoms with van der Waals surface area (Å²) in [5.74, 6) is 0.488. The van der Waals surface area contributed by atoms with Gasteiger partial charge >= 0.3 is 0 Å². The molecule has 0 saturated carbocycles. The van der Waals surface area contributed by atoms with E-state index in [2.05, 4.69) is 38.1 Å². The standard InChI is InChI=1S/C23H25N5O2/c1-15-10-22(29)26-19-13-25-21(24-12-18(15)19)6-7-23(30)28(3)14-16-4-5-20-17(11-16)8-9-27(20)2/h4-9,11,13,15H,10,12,14H2,1-3H3,(H,26,29)/b7-6+. The number of aromatic nitrogens is 1. The third-order valence-electron chi connectivity index (χ3n) is 5.56. The molecule has 7 nitrogen and oxygen atoms in total. The lowest BCUT2D eigenvalue weighted by Gasteiger charge is -2.22. The number of carbonyl (C=O) groups is 2. The maximum atomic E-state index is 12.6. The van der Waals surface area contributed by atoms with E-state index in [1.807, 2.05) is 26.2 Å². The molecule has 7 heteroatoms. The summed E-state index contributed by atoms with van der Waals surface area (Å²) in [5.41, 5.74) is 4.04.